The van der Waals surface area contributed by atoms with Crippen LogP contribution in [0.1, 0.15) is 19.8 Å². The van der Waals surface area contributed by atoms with Crippen molar-refractivity contribution in [2.45, 2.75) is 25.8 Å². The highest BCUT2D eigenvalue weighted by Crippen LogP contribution is 2.11. The van der Waals surface area contributed by atoms with E-state index >= 15 is 0 Å². The van der Waals surface area contributed by atoms with Crippen molar-refractivity contribution in [1.29, 1.82) is 0 Å². The molecule has 0 radical (unpaired) electrons. The van der Waals surface area contributed by atoms with E-state index in [0.29, 0.717) is 46.0 Å². The molecule has 1 heterocycles. The second kappa shape index (κ2) is 10.5. The van der Waals surface area contributed by atoms with Crippen LogP contribution in [-0.2, 0) is 23.8 Å². The van der Waals surface area contributed by atoms with Crippen molar-refractivity contribution >= 4 is 11.8 Å². The Balaban J connectivity index is 2.21. The van der Waals surface area contributed by atoms with Gasteiger partial charge in [-0.15, -0.1) is 0 Å². The normalized spacial score (nSPS) is 19.0. The van der Waals surface area contributed by atoms with E-state index in [0.717, 1.165) is 6.42 Å². The third kappa shape index (κ3) is 6.41. The van der Waals surface area contributed by atoms with Crippen molar-refractivity contribution in [2.24, 2.45) is 0 Å². The molecule has 0 bridgehead atoms. The lowest BCUT2D eigenvalue weighted by molar-refractivity contribution is -0.146. The summed E-state index contributed by atoms with van der Waals surface area (Å²) in [6.45, 7) is 5.01. The minimum absolute atomic E-state index is 0.0482. The number of rotatable bonds is 11. The van der Waals surface area contributed by atoms with Gasteiger partial charge in [0.2, 0.25) is 11.8 Å². The molecule has 122 valence electrons. The van der Waals surface area contributed by atoms with Gasteiger partial charge in [0.05, 0.1) is 39.6 Å². The maximum atomic E-state index is 11.9. The van der Waals surface area contributed by atoms with Gasteiger partial charge in [0.15, 0.2) is 0 Å². The lowest BCUT2D eigenvalue weighted by Crippen LogP contribution is -2.58. The number of piperazine rings is 1. The lowest BCUT2D eigenvalue weighted by atomic mass is 10.1. The van der Waals surface area contributed by atoms with E-state index in [1.165, 1.54) is 0 Å². The average Bonchev–Trinajstić information content (AvgIpc) is 2.48. The maximum Gasteiger partial charge on any atom is 0.243 e. The van der Waals surface area contributed by atoms with Crippen LogP contribution in [0.15, 0.2) is 0 Å². The summed E-state index contributed by atoms with van der Waals surface area (Å²) in [5.41, 5.74) is 0. The van der Waals surface area contributed by atoms with Gasteiger partial charge < -0.3 is 24.4 Å². The number of nitrogens with zero attached hydrogens (tertiary/aromatic N) is 1. The molecule has 0 spiro atoms. The van der Waals surface area contributed by atoms with Gasteiger partial charge in [0.1, 0.15) is 6.04 Å². The van der Waals surface area contributed by atoms with E-state index in [9.17, 15) is 9.59 Å². The molecule has 7 nitrogen and oxygen atoms in total. The molecule has 0 aromatic carbocycles. The number of hydrogen-bond donors (Lipinski definition) is 1. The van der Waals surface area contributed by atoms with Gasteiger partial charge in [-0.25, -0.2) is 0 Å². The SMILES string of the molecule is CCCC1C(=O)NCC(=O)N1CCOCCOCCOC. The quantitative estimate of drug-likeness (QED) is 0.535. The molecule has 0 aliphatic carbocycles. The maximum absolute atomic E-state index is 11.9. The van der Waals surface area contributed by atoms with Gasteiger partial charge in [0, 0.05) is 13.7 Å². The van der Waals surface area contributed by atoms with E-state index in [2.05, 4.69) is 5.32 Å². The number of nitrogens with one attached hydrogen (secondary N) is 1. The zero-order valence-electron chi connectivity index (χ0n) is 12.9. The van der Waals surface area contributed by atoms with Crippen LogP contribution in [0.25, 0.3) is 0 Å². The first-order valence-electron chi connectivity index (χ1n) is 7.42. The van der Waals surface area contributed by atoms with Crippen LogP contribution in [0.4, 0.5) is 0 Å². The predicted molar refractivity (Wildman–Crippen MR) is 76.9 cm³/mol. The molecule has 1 N–H and O–H groups in total. The summed E-state index contributed by atoms with van der Waals surface area (Å²) in [5.74, 6) is -0.118. The Morgan fingerprint density at radius 2 is 1.81 bits per heavy atom. The minimum atomic E-state index is -0.363. The first kappa shape index (κ1) is 17.9. The first-order chi connectivity index (χ1) is 10.2. The molecule has 0 aromatic heterocycles. The van der Waals surface area contributed by atoms with Crippen molar-refractivity contribution in [3.05, 3.63) is 0 Å². The van der Waals surface area contributed by atoms with E-state index < -0.39 is 0 Å². The first-order valence-corrected chi connectivity index (χ1v) is 7.42. The zero-order valence-corrected chi connectivity index (χ0v) is 12.9. The van der Waals surface area contributed by atoms with E-state index in [1.54, 1.807) is 12.0 Å². The molecule has 0 saturated carbocycles. The molecular formula is C14H26N2O5. The van der Waals surface area contributed by atoms with Crippen LogP contribution in [0.3, 0.4) is 0 Å². The fraction of sp³-hybridized carbons (Fsp3) is 0.857. The molecule has 7 heteroatoms. The minimum Gasteiger partial charge on any atom is -0.382 e. The number of amides is 2. The molecule has 0 aromatic rings. The fourth-order valence-corrected chi connectivity index (χ4v) is 2.17. The fourth-order valence-electron chi connectivity index (χ4n) is 2.17. The molecule has 2 amide bonds. The van der Waals surface area contributed by atoms with Crippen molar-refractivity contribution in [3.63, 3.8) is 0 Å². The summed E-state index contributed by atoms with van der Waals surface area (Å²) in [6, 6.07) is -0.363. The third-order valence-electron chi connectivity index (χ3n) is 3.26. The van der Waals surface area contributed by atoms with Crippen molar-refractivity contribution < 1.29 is 23.8 Å². The summed E-state index contributed by atoms with van der Waals surface area (Å²) in [4.78, 5) is 25.3. The van der Waals surface area contributed by atoms with Crippen molar-refractivity contribution in [2.75, 3.05) is 53.2 Å². The van der Waals surface area contributed by atoms with E-state index in [-0.39, 0.29) is 24.4 Å². The number of hydrogen-bond acceptors (Lipinski definition) is 5. The van der Waals surface area contributed by atoms with Crippen LogP contribution < -0.4 is 5.32 Å². The van der Waals surface area contributed by atoms with E-state index in [4.69, 9.17) is 14.2 Å². The van der Waals surface area contributed by atoms with Gasteiger partial charge in [-0.3, -0.25) is 9.59 Å². The number of ether oxygens (including phenoxy) is 3. The number of methoxy groups -OCH3 is 1. The van der Waals surface area contributed by atoms with Crippen LogP contribution in [0.2, 0.25) is 0 Å². The summed E-state index contributed by atoms with van der Waals surface area (Å²) < 4.78 is 15.6. The van der Waals surface area contributed by atoms with Crippen LogP contribution >= 0.6 is 0 Å². The number of carbonyl (C=O) groups is 2. The van der Waals surface area contributed by atoms with Gasteiger partial charge in [-0.2, -0.15) is 0 Å². The summed E-state index contributed by atoms with van der Waals surface area (Å²) >= 11 is 0. The van der Waals surface area contributed by atoms with E-state index in [1.807, 2.05) is 6.92 Å². The second-order valence-corrected chi connectivity index (χ2v) is 4.83. The average molecular weight is 302 g/mol. The van der Waals surface area contributed by atoms with Gasteiger partial charge in [-0.05, 0) is 6.42 Å². The van der Waals surface area contributed by atoms with Crippen LogP contribution in [-0.4, -0.2) is 76.0 Å². The third-order valence-corrected chi connectivity index (χ3v) is 3.26. The monoisotopic (exact) mass is 302 g/mol. The standard InChI is InChI=1S/C14H26N2O5/c1-3-4-12-14(18)15-11-13(17)16(12)5-6-20-9-10-21-8-7-19-2/h12H,3-11H2,1-2H3,(H,15,18). The molecule has 1 fully saturated rings. The van der Waals surface area contributed by atoms with Crippen molar-refractivity contribution in [1.82, 2.24) is 10.2 Å². The Morgan fingerprint density at radius 3 is 2.48 bits per heavy atom. The molecule has 1 saturated heterocycles. The van der Waals surface area contributed by atoms with Gasteiger partial charge >= 0.3 is 0 Å². The summed E-state index contributed by atoms with van der Waals surface area (Å²) in [6.07, 6.45) is 1.54. The highest BCUT2D eigenvalue weighted by molar-refractivity contribution is 5.94. The van der Waals surface area contributed by atoms with Crippen LogP contribution in [0.5, 0.6) is 0 Å². The van der Waals surface area contributed by atoms with Crippen molar-refractivity contribution in [3.8, 4) is 0 Å². The topological polar surface area (TPSA) is 77.1 Å². The molecular weight excluding hydrogens is 276 g/mol. The Hall–Kier alpha value is -1.18. The summed E-state index contributed by atoms with van der Waals surface area (Å²) in [5, 5.41) is 2.62. The Bertz CT molecular complexity index is 324. The predicted octanol–water partition coefficient (Wildman–Crippen LogP) is -0.207. The smallest absolute Gasteiger partial charge is 0.243 e. The van der Waals surface area contributed by atoms with Crippen LogP contribution in [0, 0.1) is 0 Å². The second-order valence-electron chi connectivity index (χ2n) is 4.83. The molecule has 1 aliphatic heterocycles. The molecule has 21 heavy (non-hydrogen) atoms. The lowest BCUT2D eigenvalue weighted by Gasteiger charge is -2.34. The molecule has 1 rings (SSSR count). The molecule has 1 atom stereocenters. The Kier molecular flexibility index (Phi) is 8.96. The summed E-state index contributed by atoms with van der Waals surface area (Å²) in [7, 11) is 1.62. The largest absolute Gasteiger partial charge is 0.382 e. The Labute approximate surface area is 125 Å². The Morgan fingerprint density at radius 1 is 1.14 bits per heavy atom. The highest BCUT2D eigenvalue weighted by atomic mass is 16.5. The van der Waals surface area contributed by atoms with Gasteiger partial charge in [0.25, 0.3) is 0 Å². The molecule has 1 unspecified atom stereocenters. The van der Waals surface area contributed by atoms with Gasteiger partial charge in [-0.1, -0.05) is 13.3 Å². The zero-order chi connectivity index (χ0) is 15.5. The molecule has 1 aliphatic rings. The number of carbonyl (C=O) groups excluding carboxylic acids is 2. The highest BCUT2D eigenvalue weighted by Gasteiger charge is 2.33.